The summed E-state index contributed by atoms with van der Waals surface area (Å²) in [4.78, 5) is 25.1. The van der Waals surface area contributed by atoms with Crippen molar-refractivity contribution < 1.29 is 31.2 Å². The van der Waals surface area contributed by atoms with Crippen LogP contribution in [0.15, 0.2) is 24.3 Å². The first kappa shape index (κ1) is 19.2. The van der Waals surface area contributed by atoms with Crippen molar-refractivity contribution in [1.82, 2.24) is 4.90 Å². The van der Waals surface area contributed by atoms with Gasteiger partial charge in [0.25, 0.3) is 0 Å². The molecule has 1 aliphatic heterocycles. The molecule has 0 aromatic heterocycles. The van der Waals surface area contributed by atoms with Gasteiger partial charge >= 0.3 is 6.18 Å². The predicted molar refractivity (Wildman–Crippen MR) is 84.5 cm³/mol. The highest BCUT2D eigenvalue weighted by molar-refractivity contribution is 7.91. The van der Waals surface area contributed by atoms with Gasteiger partial charge in [0.15, 0.2) is 9.84 Å². The Morgan fingerprint density at radius 3 is 2.48 bits per heavy atom. The number of benzene rings is 1. The minimum atomic E-state index is -4.64. The third-order valence-corrected chi connectivity index (χ3v) is 5.72. The molecule has 1 heterocycles. The number of rotatable bonds is 4. The Hall–Kier alpha value is -2.10. The molecule has 1 aromatic carbocycles. The van der Waals surface area contributed by atoms with Crippen LogP contribution in [0.5, 0.6) is 0 Å². The number of alkyl halides is 3. The maximum atomic E-state index is 12.9. The first-order valence-electron chi connectivity index (χ1n) is 7.42. The molecule has 1 atom stereocenters. The van der Waals surface area contributed by atoms with Crippen LogP contribution < -0.4 is 5.32 Å². The van der Waals surface area contributed by atoms with Gasteiger partial charge in [-0.15, -0.1) is 0 Å². The lowest BCUT2D eigenvalue weighted by Gasteiger charge is -2.23. The van der Waals surface area contributed by atoms with Gasteiger partial charge in [0.2, 0.25) is 11.8 Å². The largest absolute Gasteiger partial charge is 0.418 e. The van der Waals surface area contributed by atoms with E-state index < -0.39 is 51.5 Å². The Morgan fingerprint density at radius 1 is 1.28 bits per heavy atom. The van der Waals surface area contributed by atoms with Crippen LogP contribution in [0.2, 0.25) is 0 Å². The molecular formula is C15H17F3N2O4S. The molecule has 0 saturated carbocycles. The van der Waals surface area contributed by atoms with E-state index in [-0.39, 0.29) is 17.9 Å². The summed E-state index contributed by atoms with van der Waals surface area (Å²) < 4.78 is 61.5. The highest BCUT2D eigenvalue weighted by Gasteiger charge is 2.35. The van der Waals surface area contributed by atoms with Crippen molar-refractivity contribution in [3.05, 3.63) is 29.8 Å². The second kappa shape index (κ2) is 7.03. The van der Waals surface area contributed by atoms with E-state index in [4.69, 9.17) is 0 Å². The van der Waals surface area contributed by atoms with E-state index in [1.807, 2.05) is 0 Å². The van der Waals surface area contributed by atoms with E-state index in [0.29, 0.717) is 0 Å². The fourth-order valence-corrected chi connectivity index (χ4v) is 4.35. The number of nitrogens with zero attached hydrogens (tertiary/aromatic N) is 1. The topological polar surface area (TPSA) is 83.6 Å². The van der Waals surface area contributed by atoms with Gasteiger partial charge in [-0.05, 0) is 18.6 Å². The summed E-state index contributed by atoms with van der Waals surface area (Å²) in [5.41, 5.74) is -1.44. The summed E-state index contributed by atoms with van der Waals surface area (Å²) in [7, 11) is -1.81. The van der Waals surface area contributed by atoms with Crippen molar-refractivity contribution in [2.75, 3.05) is 23.9 Å². The van der Waals surface area contributed by atoms with Crippen molar-refractivity contribution in [3.8, 4) is 0 Å². The second-order valence-electron chi connectivity index (χ2n) is 5.83. The molecule has 25 heavy (non-hydrogen) atoms. The molecule has 2 amide bonds. The fraction of sp³-hybridized carbons (Fsp3) is 0.467. The maximum absolute atomic E-state index is 12.9. The van der Waals surface area contributed by atoms with Gasteiger partial charge in [0, 0.05) is 13.1 Å². The molecule has 1 fully saturated rings. The Kier molecular flexibility index (Phi) is 5.40. The van der Waals surface area contributed by atoms with Gasteiger partial charge in [-0.25, -0.2) is 8.42 Å². The zero-order chi connectivity index (χ0) is 18.8. The fourth-order valence-electron chi connectivity index (χ4n) is 2.58. The van der Waals surface area contributed by atoms with Crippen molar-refractivity contribution in [1.29, 1.82) is 0 Å². The molecule has 6 nitrogen and oxygen atoms in total. The maximum Gasteiger partial charge on any atom is 0.418 e. The SMILES string of the molecule is CN(C(=O)CC(=O)Nc1ccccc1C(F)(F)F)C1CCS(=O)(=O)C1. The summed E-state index contributed by atoms with van der Waals surface area (Å²) in [6.07, 6.45) is -5.02. The predicted octanol–water partition coefficient (Wildman–Crippen LogP) is 1.68. The smallest absolute Gasteiger partial charge is 0.341 e. The molecule has 1 aromatic rings. The van der Waals surface area contributed by atoms with Gasteiger partial charge in [-0.2, -0.15) is 13.2 Å². The third-order valence-electron chi connectivity index (χ3n) is 3.97. The van der Waals surface area contributed by atoms with Gasteiger partial charge in [-0.1, -0.05) is 12.1 Å². The van der Waals surface area contributed by atoms with E-state index in [9.17, 15) is 31.2 Å². The Morgan fingerprint density at radius 2 is 1.92 bits per heavy atom. The van der Waals surface area contributed by atoms with E-state index in [0.717, 1.165) is 12.1 Å². The quantitative estimate of drug-likeness (QED) is 0.808. The number of anilines is 1. The van der Waals surface area contributed by atoms with Gasteiger partial charge in [0.1, 0.15) is 6.42 Å². The molecule has 1 aliphatic rings. The summed E-state index contributed by atoms with van der Waals surface area (Å²) in [5, 5.41) is 2.09. The molecule has 1 unspecified atom stereocenters. The van der Waals surface area contributed by atoms with E-state index in [1.165, 1.54) is 24.1 Å². The summed E-state index contributed by atoms with van der Waals surface area (Å²) >= 11 is 0. The number of amides is 2. The molecule has 138 valence electrons. The molecule has 0 spiro atoms. The molecule has 0 aliphatic carbocycles. The first-order chi connectivity index (χ1) is 11.5. The number of carbonyl (C=O) groups is 2. The normalized spacial score (nSPS) is 19.4. The molecule has 2 rings (SSSR count). The van der Waals surface area contributed by atoms with Crippen molar-refractivity contribution >= 4 is 27.3 Å². The highest BCUT2D eigenvalue weighted by atomic mass is 32.2. The Bertz CT molecular complexity index is 777. The number of hydrogen-bond acceptors (Lipinski definition) is 4. The van der Waals surface area contributed by atoms with Gasteiger partial charge in [-0.3, -0.25) is 9.59 Å². The van der Waals surface area contributed by atoms with Crippen LogP contribution in [0.4, 0.5) is 18.9 Å². The van der Waals surface area contributed by atoms with Crippen molar-refractivity contribution in [3.63, 3.8) is 0 Å². The number of carbonyl (C=O) groups excluding carboxylic acids is 2. The summed E-state index contributed by atoms with van der Waals surface area (Å²) in [6.45, 7) is 0. The van der Waals surface area contributed by atoms with Crippen LogP contribution in [-0.2, 0) is 25.6 Å². The van der Waals surface area contributed by atoms with Crippen LogP contribution >= 0.6 is 0 Å². The molecule has 0 radical (unpaired) electrons. The number of halogens is 3. The average molecular weight is 378 g/mol. The van der Waals surface area contributed by atoms with E-state index in [2.05, 4.69) is 5.32 Å². The number of para-hydroxylation sites is 1. The number of hydrogen-bond donors (Lipinski definition) is 1. The molecule has 10 heteroatoms. The van der Waals surface area contributed by atoms with Crippen LogP contribution in [0.1, 0.15) is 18.4 Å². The highest BCUT2D eigenvalue weighted by Crippen LogP contribution is 2.34. The lowest BCUT2D eigenvalue weighted by molar-refractivity contribution is -0.137. The zero-order valence-corrected chi connectivity index (χ0v) is 14.2. The molecular weight excluding hydrogens is 361 g/mol. The van der Waals surface area contributed by atoms with Gasteiger partial charge in [0.05, 0.1) is 22.8 Å². The lowest BCUT2D eigenvalue weighted by atomic mass is 10.1. The minimum Gasteiger partial charge on any atom is -0.341 e. The zero-order valence-electron chi connectivity index (χ0n) is 13.3. The average Bonchev–Trinajstić information content (AvgIpc) is 2.85. The monoisotopic (exact) mass is 378 g/mol. The summed E-state index contributed by atoms with van der Waals surface area (Å²) in [6, 6.07) is 3.93. The van der Waals surface area contributed by atoms with Crippen molar-refractivity contribution in [2.45, 2.75) is 25.1 Å². The van der Waals surface area contributed by atoms with Crippen LogP contribution in [0.3, 0.4) is 0 Å². The van der Waals surface area contributed by atoms with Crippen LogP contribution in [0.25, 0.3) is 0 Å². The van der Waals surface area contributed by atoms with E-state index in [1.54, 1.807) is 0 Å². The number of nitrogens with one attached hydrogen (secondary N) is 1. The second-order valence-corrected chi connectivity index (χ2v) is 8.06. The Labute approximate surface area is 142 Å². The van der Waals surface area contributed by atoms with E-state index >= 15 is 0 Å². The molecule has 1 N–H and O–H groups in total. The van der Waals surface area contributed by atoms with Crippen molar-refractivity contribution in [2.24, 2.45) is 0 Å². The standard InChI is InChI=1S/C15H17F3N2O4S/c1-20(10-6-7-25(23,24)9-10)14(22)8-13(21)19-12-5-3-2-4-11(12)15(16,17)18/h2-5,10H,6-9H2,1H3,(H,19,21). The lowest BCUT2D eigenvalue weighted by Crippen LogP contribution is -2.39. The van der Waals surface area contributed by atoms with Gasteiger partial charge < -0.3 is 10.2 Å². The molecule has 1 saturated heterocycles. The first-order valence-corrected chi connectivity index (χ1v) is 9.24. The molecule has 0 bridgehead atoms. The Balaban J connectivity index is 2.00. The van der Waals surface area contributed by atoms with Crippen LogP contribution in [-0.4, -0.2) is 49.7 Å². The number of sulfone groups is 1. The third kappa shape index (κ3) is 4.94. The van der Waals surface area contributed by atoms with Crippen LogP contribution in [0, 0.1) is 0 Å². The minimum absolute atomic E-state index is 0.0273. The summed E-state index contributed by atoms with van der Waals surface area (Å²) in [5.74, 6) is -1.74.